The molecule has 0 aromatic rings. The summed E-state index contributed by atoms with van der Waals surface area (Å²) >= 11 is 0. The van der Waals surface area contributed by atoms with Crippen molar-refractivity contribution in [2.24, 2.45) is 0 Å². The number of ether oxygens (including phenoxy) is 1. The van der Waals surface area contributed by atoms with Crippen molar-refractivity contribution in [3.8, 4) is 0 Å². The standard InChI is InChI=1S/C11H24O2Si/c1-10(2,12)6-5-8-11(14)7-3-4-9-13-11/h12H,3-9H2,1-2,14H3. The summed E-state index contributed by atoms with van der Waals surface area (Å²) in [6.07, 6.45) is 6.92. The number of hydrogen-bond donors (Lipinski definition) is 1. The van der Waals surface area contributed by atoms with E-state index in [0.29, 0.717) is 0 Å². The molecule has 2 nitrogen and oxygen atoms in total. The molecule has 0 spiro atoms. The second-order valence-corrected chi connectivity index (χ2v) is 7.24. The van der Waals surface area contributed by atoms with Crippen LogP contribution in [0.3, 0.4) is 0 Å². The third kappa shape index (κ3) is 4.58. The normalized spacial score (nSPS) is 29.4. The third-order valence-electron chi connectivity index (χ3n) is 3.04. The molecule has 0 amide bonds. The molecule has 1 unspecified atom stereocenters. The van der Waals surface area contributed by atoms with Crippen molar-refractivity contribution in [1.29, 1.82) is 0 Å². The highest BCUT2D eigenvalue weighted by atomic mass is 28.1. The van der Waals surface area contributed by atoms with Crippen LogP contribution in [-0.4, -0.2) is 32.8 Å². The number of rotatable bonds is 4. The summed E-state index contributed by atoms with van der Waals surface area (Å²) in [6.45, 7) is 4.72. The van der Waals surface area contributed by atoms with Crippen LogP contribution in [0, 0.1) is 0 Å². The summed E-state index contributed by atoms with van der Waals surface area (Å²) in [7, 11) is 1.13. The van der Waals surface area contributed by atoms with E-state index in [9.17, 15) is 5.11 Å². The average molecular weight is 216 g/mol. The maximum atomic E-state index is 9.60. The first-order valence-electron chi connectivity index (χ1n) is 5.78. The second kappa shape index (κ2) is 4.77. The van der Waals surface area contributed by atoms with Gasteiger partial charge in [0, 0.05) is 22.1 Å². The molecule has 84 valence electrons. The van der Waals surface area contributed by atoms with E-state index in [1.165, 1.54) is 19.3 Å². The zero-order valence-corrected chi connectivity index (χ0v) is 11.8. The first kappa shape index (κ1) is 12.2. The average Bonchev–Trinajstić information content (AvgIpc) is 2.02. The summed E-state index contributed by atoms with van der Waals surface area (Å²) < 4.78 is 5.86. The van der Waals surface area contributed by atoms with Gasteiger partial charge < -0.3 is 9.84 Å². The number of hydrogen-bond acceptors (Lipinski definition) is 2. The lowest BCUT2D eigenvalue weighted by Crippen LogP contribution is -2.37. The molecule has 1 atom stereocenters. The number of aliphatic hydroxyl groups is 1. The van der Waals surface area contributed by atoms with Crippen LogP contribution >= 0.6 is 0 Å². The monoisotopic (exact) mass is 216 g/mol. The summed E-state index contributed by atoms with van der Waals surface area (Å²) in [5, 5.41) is 9.83. The van der Waals surface area contributed by atoms with Crippen LogP contribution in [0.25, 0.3) is 0 Å². The lowest BCUT2D eigenvalue weighted by molar-refractivity contribution is -0.0280. The third-order valence-corrected chi connectivity index (χ3v) is 4.33. The van der Waals surface area contributed by atoms with Crippen LogP contribution < -0.4 is 0 Å². The smallest absolute Gasteiger partial charge is 0.0591 e. The second-order valence-electron chi connectivity index (χ2n) is 5.42. The molecule has 1 fully saturated rings. The zero-order chi connectivity index (χ0) is 10.7. The highest BCUT2D eigenvalue weighted by molar-refractivity contribution is 6.14. The maximum Gasteiger partial charge on any atom is 0.0591 e. The van der Waals surface area contributed by atoms with Crippen molar-refractivity contribution in [2.45, 2.75) is 63.2 Å². The molecule has 0 aliphatic carbocycles. The van der Waals surface area contributed by atoms with Gasteiger partial charge in [0.05, 0.1) is 5.60 Å². The Hall–Kier alpha value is 0.137. The minimum Gasteiger partial charge on any atom is -0.390 e. The highest BCUT2D eigenvalue weighted by Crippen LogP contribution is 2.28. The van der Waals surface area contributed by atoms with Gasteiger partial charge >= 0.3 is 0 Å². The van der Waals surface area contributed by atoms with Crippen molar-refractivity contribution in [3.05, 3.63) is 0 Å². The Morgan fingerprint density at radius 3 is 2.64 bits per heavy atom. The van der Waals surface area contributed by atoms with Crippen LogP contribution in [-0.2, 0) is 4.74 Å². The van der Waals surface area contributed by atoms with Gasteiger partial charge in [0.1, 0.15) is 0 Å². The summed E-state index contributed by atoms with van der Waals surface area (Å²) in [5.74, 6) is 0. The fraction of sp³-hybridized carbons (Fsp3) is 1.00. The topological polar surface area (TPSA) is 29.5 Å². The van der Waals surface area contributed by atoms with E-state index < -0.39 is 5.60 Å². The highest BCUT2D eigenvalue weighted by Gasteiger charge is 2.27. The molecule has 0 radical (unpaired) electrons. The van der Waals surface area contributed by atoms with Crippen LogP contribution in [0.15, 0.2) is 0 Å². The lowest BCUT2D eigenvalue weighted by atomic mass is 9.97. The Labute approximate surface area is 90.5 Å². The minimum atomic E-state index is -0.507. The summed E-state index contributed by atoms with van der Waals surface area (Å²) in [4.78, 5) is 0. The molecule has 3 heteroatoms. The Bertz CT molecular complexity index is 169. The Balaban J connectivity index is 2.22. The van der Waals surface area contributed by atoms with Gasteiger partial charge in [-0.15, -0.1) is 0 Å². The fourth-order valence-electron chi connectivity index (χ4n) is 2.08. The Morgan fingerprint density at radius 2 is 2.14 bits per heavy atom. The maximum absolute atomic E-state index is 9.60. The molecular weight excluding hydrogens is 192 g/mol. The molecule has 0 bridgehead atoms. The van der Waals surface area contributed by atoms with Gasteiger partial charge in [-0.1, -0.05) is 0 Å². The van der Waals surface area contributed by atoms with E-state index in [4.69, 9.17) is 4.74 Å². The van der Waals surface area contributed by atoms with Crippen molar-refractivity contribution in [1.82, 2.24) is 0 Å². The van der Waals surface area contributed by atoms with Crippen LogP contribution in [0.5, 0.6) is 0 Å². The molecular formula is C11H24O2Si. The molecule has 0 saturated carbocycles. The Morgan fingerprint density at radius 1 is 1.43 bits per heavy atom. The summed E-state index contributed by atoms with van der Waals surface area (Å²) in [5.41, 5.74) is -0.507. The van der Waals surface area contributed by atoms with Crippen LogP contribution in [0.1, 0.15) is 52.4 Å². The van der Waals surface area contributed by atoms with Gasteiger partial charge in [0.15, 0.2) is 0 Å². The lowest BCUT2D eigenvalue weighted by Gasteiger charge is -2.34. The van der Waals surface area contributed by atoms with Gasteiger partial charge in [-0.05, 0) is 52.4 Å². The molecule has 0 aromatic carbocycles. The van der Waals surface area contributed by atoms with Gasteiger partial charge in [-0.3, -0.25) is 0 Å². The molecule has 1 saturated heterocycles. The Kier molecular flexibility index (Phi) is 4.16. The van der Waals surface area contributed by atoms with Crippen molar-refractivity contribution in [2.75, 3.05) is 6.61 Å². The van der Waals surface area contributed by atoms with Gasteiger partial charge in [0.2, 0.25) is 0 Å². The largest absolute Gasteiger partial charge is 0.390 e. The predicted octanol–water partition coefficient (Wildman–Crippen LogP) is 1.19. The van der Waals surface area contributed by atoms with E-state index in [1.54, 1.807) is 0 Å². The van der Waals surface area contributed by atoms with Gasteiger partial charge in [-0.2, -0.15) is 0 Å². The summed E-state index contributed by atoms with van der Waals surface area (Å²) in [6, 6.07) is 0. The molecule has 14 heavy (non-hydrogen) atoms. The fourth-order valence-corrected chi connectivity index (χ4v) is 3.00. The van der Waals surface area contributed by atoms with Gasteiger partial charge in [-0.25, -0.2) is 0 Å². The molecule has 1 rings (SSSR count). The van der Waals surface area contributed by atoms with Gasteiger partial charge in [0.25, 0.3) is 0 Å². The van der Waals surface area contributed by atoms with E-state index in [2.05, 4.69) is 0 Å². The first-order valence-corrected chi connectivity index (χ1v) is 6.78. The molecule has 1 heterocycles. The van der Waals surface area contributed by atoms with Crippen LogP contribution in [0.2, 0.25) is 0 Å². The zero-order valence-electron chi connectivity index (χ0n) is 9.81. The minimum absolute atomic E-state index is 0.226. The first-order chi connectivity index (χ1) is 6.41. The van der Waals surface area contributed by atoms with E-state index in [-0.39, 0.29) is 5.22 Å². The quantitative estimate of drug-likeness (QED) is 0.715. The van der Waals surface area contributed by atoms with Crippen LogP contribution in [0.4, 0.5) is 0 Å². The predicted molar refractivity (Wildman–Crippen MR) is 62.6 cm³/mol. The van der Waals surface area contributed by atoms with Crippen molar-refractivity contribution in [3.63, 3.8) is 0 Å². The van der Waals surface area contributed by atoms with Crippen molar-refractivity contribution < 1.29 is 9.84 Å². The molecule has 1 aliphatic rings. The SMILES string of the molecule is CC(C)(O)CCCC1([SiH3])CCCCO1. The van der Waals surface area contributed by atoms with E-state index in [1.807, 2.05) is 13.8 Å². The molecule has 1 N–H and O–H groups in total. The molecule has 1 aliphatic heterocycles. The molecule has 0 aromatic heterocycles. The van der Waals surface area contributed by atoms with E-state index in [0.717, 1.165) is 36.1 Å². The van der Waals surface area contributed by atoms with E-state index >= 15 is 0 Å². The van der Waals surface area contributed by atoms with Crippen molar-refractivity contribution >= 4 is 10.2 Å².